The fourth-order valence-corrected chi connectivity index (χ4v) is 4.49. The highest BCUT2D eigenvalue weighted by molar-refractivity contribution is 7.99. The van der Waals surface area contributed by atoms with Gasteiger partial charge < -0.3 is 18.9 Å². The van der Waals surface area contributed by atoms with Crippen LogP contribution in [0.3, 0.4) is 0 Å². The maximum atomic E-state index is 12.9. The van der Waals surface area contributed by atoms with Gasteiger partial charge in [0, 0.05) is 20.0 Å². The summed E-state index contributed by atoms with van der Waals surface area (Å²) in [5, 5.41) is 6.82. The zero-order chi connectivity index (χ0) is 21.3. The highest BCUT2D eigenvalue weighted by atomic mass is 32.2. The summed E-state index contributed by atoms with van der Waals surface area (Å²) >= 11 is 0.955. The van der Waals surface area contributed by atoms with Crippen LogP contribution < -0.4 is 9.47 Å². The Morgan fingerprint density at radius 2 is 1.97 bits per heavy atom. The Kier molecular flexibility index (Phi) is 5.81. The van der Waals surface area contributed by atoms with Crippen molar-refractivity contribution in [3.05, 3.63) is 29.6 Å². The molecule has 0 saturated carbocycles. The molecule has 2 aliphatic rings. The number of likely N-dealkylation sites (tertiary alicyclic amines) is 1. The number of alkyl halides is 3. The minimum absolute atomic E-state index is 0.00905. The molecule has 0 N–H and O–H groups in total. The van der Waals surface area contributed by atoms with Crippen LogP contribution in [-0.4, -0.2) is 51.1 Å². The third-order valence-electron chi connectivity index (χ3n) is 5.14. The summed E-state index contributed by atoms with van der Waals surface area (Å²) in [7, 11) is 1.24. The second-order valence-corrected chi connectivity index (χ2v) is 8.10. The fraction of sp³-hybridized carbons (Fsp3) is 0.526. The molecule has 0 aliphatic carbocycles. The van der Waals surface area contributed by atoms with Gasteiger partial charge in [0.1, 0.15) is 0 Å². The van der Waals surface area contributed by atoms with E-state index in [0.29, 0.717) is 31.3 Å². The summed E-state index contributed by atoms with van der Waals surface area (Å²) in [6, 6.07) is 5.63. The zero-order valence-electron chi connectivity index (χ0n) is 16.3. The first-order chi connectivity index (χ1) is 14.3. The molecular weight excluding hydrogens is 421 g/mol. The standard InChI is InChI=1S/C19H21F3N4O3S/c1-25-17(19(20,21)22)23-24-18(25)30-11-16(27)26-7-2-4-13(26)12-5-6-14-15(10-12)29-9-3-8-28-14/h5-6,10,13H,2-4,7-9,11H2,1H3. The van der Waals surface area contributed by atoms with Crippen LogP contribution in [-0.2, 0) is 18.0 Å². The van der Waals surface area contributed by atoms with Gasteiger partial charge >= 0.3 is 6.18 Å². The molecule has 1 amide bonds. The molecule has 0 bridgehead atoms. The van der Waals surface area contributed by atoms with Crippen LogP contribution in [0.1, 0.15) is 36.7 Å². The summed E-state index contributed by atoms with van der Waals surface area (Å²) in [6.07, 6.45) is -2.09. The molecule has 11 heteroatoms. The van der Waals surface area contributed by atoms with E-state index in [1.54, 1.807) is 4.90 Å². The molecule has 4 rings (SSSR count). The number of hydrogen-bond donors (Lipinski definition) is 0. The number of fused-ring (bicyclic) bond motifs is 1. The Morgan fingerprint density at radius 1 is 1.20 bits per heavy atom. The molecule has 2 aromatic rings. The van der Waals surface area contributed by atoms with Crippen molar-refractivity contribution in [1.29, 1.82) is 0 Å². The number of ether oxygens (including phenoxy) is 2. The number of hydrogen-bond acceptors (Lipinski definition) is 6. The van der Waals surface area contributed by atoms with Gasteiger partial charge in [0.2, 0.25) is 11.7 Å². The summed E-state index contributed by atoms with van der Waals surface area (Å²) in [6.45, 7) is 1.79. The van der Waals surface area contributed by atoms with Gasteiger partial charge in [-0.2, -0.15) is 13.2 Å². The van der Waals surface area contributed by atoms with E-state index in [1.165, 1.54) is 7.05 Å². The number of carbonyl (C=O) groups excluding carboxylic acids is 1. The number of rotatable bonds is 4. The number of thioether (sulfide) groups is 1. The third-order valence-corrected chi connectivity index (χ3v) is 6.15. The average molecular weight is 442 g/mol. The van der Waals surface area contributed by atoms with Gasteiger partial charge in [-0.3, -0.25) is 4.79 Å². The number of nitrogens with zero attached hydrogens (tertiary/aromatic N) is 4. The Bertz CT molecular complexity index is 934. The van der Waals surface area contributed by atoms with Crippen molar-refractivity contribution in [2.75, 3.05) is 25.5 Å². The molecular formula is C19H21F3N4O3S. The van der Waals surface area contributed by atoms with Gasteiger partial charge in [-0.25, -0.2) is 0 Å². The number of amides is 1. The molecule has 1 unspecified atom stereocenters. The van der Waals surface area contributed by atoms with Gasteiger partial charge in [-0.1, -0.05) is 17.8 Å². The van der Waals surface area contributed by atoms with E-state index in [1.807, 2.05) is 18.2 Å². The van der Waals surface area contributed by atoms with Gasteiger partial charge in [-0.15, -0.1) is 10.2 Å². The van der Waals surface area contributed by atoms with Crippen molar-refractivity contribution in [3.63, 3.8) is 0 Å². The van der Waals surface area contributed by atoms with Gasteiger partial charge in [-0.05, 0) is 30.5 Å². The molecule has 2 aliphatic heterocycles. The zero-order valence-corrected chi connectivity index (χ0v) is 17.1. The van der Waals surface area contributed by atoms with E-state index in [2.05, 4.69) is 10.2 Å². The van der Waals surface area contributed by atoms with Crippen LogP contribution in [0, 0.1) is 0 Å². The molecule has 0 radical (unpaired) electrons. The average Bonchev–Trinajstić information content (AvgIpc) is 3.26. The molecule has 1 atom stereocenters. The van der Waals surface area contributed by atoms with Gasteiger partial charge in [0.05, 0.1) is 25.0 Å². The van der Waals surface area contributed by atoms with Crippen molar-refractivity contribution in [1.82, 2.24) is 19.7 Å². The summed E-state index contributed by atoms with van der Waals surface area (Å²) in [5.41, 5.74) is 0.966. The van der Waals surface area contributed by atoms with E-state index in [0.717, 1.165) is 41.2 Å². The monoisotopic (exact) mass is 442 g/mol. The predicted molar refractivity (Wildman–Crippen MR) is 102 cm³/mol. The largest absolute Gasteiger partial charge is 0.490 e. The number of carbonyl (C=O) groups is 1. The van der Waals surface area contributed by atoms with E-state index in [-0.39, 0.29) is 22.9 Å². The van der Waals surface area contributed by atoms with Crippen LogP contribution in [0.15, 0.2) is 23.4 Å². The SMILES string of the molecule is Cn1c(SCC(=O)N2CCCC2c2ccc3c(c2)OCCCO3)nnc1C(F)(F)F. The molecule has 1 saturated heterocycles. The number of benzene rings is 1. The topological polar surface area (TPSA) is 69.5 Å². The lowest BCUT2D eigenvalue weighted by Crippen LogP contribution is -2.32. The fourth-order valence-electron chi connectivity index (χ4n) is 3.70. The highest BCUT2D eigenvalue weighted by Crippen LogP contribution is 2.38. The lowest BCUT2D eigenvalue weighted by atomic mass is 10.0. The molecule has 30 heavy (non-hydrogen) atoms. The normalized spacial score (nSPS) is 19.1. The minimum atomic E-state index is -4.58. The van der Waals surface area contributed by atoms with Gasteiger partial charge in [0.25, 0.3) is 0 Å². The summed E-state index contributed by atoms with van der Waals surface area (Å²) < 4.78 is 50.9. The number of aromatic nitrogens is 3. The third kappa shape index (κ3) is 4.21. The van der Waals surface area contributed by atoms with Crippen LogP contribution in [0.5, 0.6) is 11.5 Å². The van der Waals surface area contributed by atoms with Crippen LogP contribution >= 0.6 is 11.8 Å². The maximum Gasteiger partial charge on any atom is 0.451 e. The van der Waals surface area contributed by atoms with Crippen LogP contribution in [0.4, 0.5) is 13.2 Å². The van der Waals surface area contributed by atoms with Gasteiger partial charge in [0.15, 0.2) is 16.7 Å². The predicted octanol–water partition coefficient (Wildman–Crippen LogP) is 3.45. The van der Waals surface area contributed by atoms with E-state index in [9.17, 15) is 18.0 Å². The molecule has 1 fully saturated rings. The Labute approximate surface area is 175 Å². The first-order valence-corrected chi connectivity index (χ1v) is 10.6. The van der Waals surface area contributed by atoms with E-state index in [4.69, 9.17) is 9.47 Å². The minimum Gasteiger partial charge on any atom is -0.490 e. The Morgan fingerprint density at radius 3 is 2.70 bits per heavy atom. The molecule has 1 aromatic carbocycles. The van der Waals surface area contributed by atoms with Crippen molar-refractivity contribution < 1.29 is 27.4 Å². The second kappa shape index (κ2) is 8.37. The molecule has 1 aromatic heterocycles. The highest BCUT2D eigenvalue weighted by Gasteiger charge is 2.38. The Hall–Kier alpha value is -2.43. The van der Waals surface area contributed by atoms with Crippen LogP contribution in [0.25, 0.3) is 0 Å². The maximum absolute atomic E-state index is 12.9. The lowest BCUT2D eigenvalue weighted by Gasteiger charge is -2.25. The Balaban J connectivity index is 1.44. The molecule has 162 valence electrons. The summed E-state index contributed by atoms with van der Waals surface area (Å²) in [4.78, 5) is 14.6. The second-order valence-electron chi connectivity index (χ2n) is 7.15. The van der Waals surface area contributed by atoms with Crippen molar-refractivity contribution in [3.8, 4) is 11.5 Å². The summed E-state index contributed by atoms with van der Waals surface area (Å²) in [5.74, 6) is 0.142. The number of halogens is 3. The molecule has 7 nitrogen and oxygen atoms in total. The van der Waals surface area contributed by atoms with Crippen LogP contribution in [0.2, 0.25) is 0 Å². The lowest BCUT2D eigenvalue weighted by molar-refractivity contribution is -0.147. The van der Waals surface area contributed by atoms with E-state index >= 15 is 0 Å². The first kappa shape index (κ1) is 20.8. The van der Waals surface area contributed by atoms with E-state index < -0.39 is 12.0 Å². The van der Waals surface area contributed by atoms with Crippen molar-refractivity contribution in [2.24, 2.45) is 7.05 Å². The smallest absolute Gasteiger partial charge is 0.451 e. The quantitative estimate of drug-likeness (QED) is 0.676. The molecule has 3 heterocycles. The van der Waals surface area contributed by atoms with Crippen molar-refractivity contribution >= 4 is 17.7 Å². The molecule has 0 spiro atoms. The first-order valence-electron chi connectivity index (χ1n) is 9.63. The van der Waals surface area contributed by atoms with Crippen molar-refractivity contribution in [2.45, 2.75) is 36.6 Å².